The van der Waals surface area contributed by atoms with Crippen LogP contribution >= 0.6 is 0 Å². The zero-order chi connectivity index (χ0) is 12.5. The number of hydrogen-bond donors (Lipinski definition) is 1. The minimum atomic E-state index is -0.344. The van der Waals surface area contributed by atoms with Crippen LogP contribution in [0, 0.1) is 12.8 Å². The third-order valence-corrected chi connectivity index (χ3v) is 3.72. The number of pyridine rings is 1. The summed E-state index contributed by atoms with van der Waals surface area (Å²) in [6.07, 6.45) is 1.45. The fourth-order valence-electron chi connectivity index (χ4n) is 2.82. The van der Waals surface area contributed by atoms with Crippen LogP contribution in [0.2, 0.25) is 0 Å². The maximum absolute atomic E-state index is 10.3. The van der Waals surface area contributed by atoms with Crippen molar-refractivity contribution in [1.82, 2.24) is 4.98 Å². The average Bonchev–Trinajstić information content (AvgIpc) is 2.67. The lowest BCUT2D eigenvalue weighted by molar-refractivity contribution is 0.122. The van der Waals surface area contributed by atoms with Crippen LogP contribution in [0.5, 0.6) is 0 Å². The molecule has 0 fully saturated rings. The Bertz CT molecular complexity index is 565. The van der Waals surface area contributed by atoms with Gasteiger partial charge in [0, 0.05) is 11.4 Å². The summed E-state index contributed by atoms with van der Waals surface area (Å²) >= 11 is 0. The van der Waals surface area contributed by atoms with Crippen LogP contribution in [-0.4, -0.2) is 10.1 Å². The van der Waals surface area contributed by atoms with Gasteiger partial charge in [0.15, 0.2) is 0 Å². The van der Waals surface area contributed by atoms with Crippen LogP contribution in [0.25, 0.3) is 0 Å². The number of hydrogen-bond acceptors (Lipinski definition) is 2. The van der Waals surface area contributed by atoms with Crippen molar-refractivity contribution < 1.29 is 5.11 Å². The van der Waals surface area contributed by atoms with Gasteiger partial charge in [0.1, 0.15) is 0 Å². The van der Waals surface area contributed by atoms with Gasteiger partial charge in [-0.3, -0.25) is 4.98 Å². The predicted molar refractivity (Wildman–Crippen MR) is 71.3 cm³/mol. The smallest absolute Gasteiger partial charge is 0.0827 e. The monoisotopic (exact) mass is 239 g/mol. The molecule has 1 aliphatic rings. The lowest BCUT2D eigenvalue weighted by Crippen LogP contribution is -2.11. The highest BCUT2D eigenvalue weighted by atomic mass is 16.3. The Balaban J connectivity index is 1.81. The van der Waals surface area contributed by atoms with E-state index in [1.807, 2.05) is 43.3 Å². The number of fused-ring (bicyclic) bond motifs is 1. The molecule has 0 saturated carbocycles. The van der Waals surface area contributed by atoms with Gasteiger partial charge in [0.05, 0.1) is 6.10 Å². The molecule has 1 aromatic carbocycles. The molecule has 0 bridgehead atoms. The summed E-state index contributed by atoms with van der Waals surface area (Å²) in [7, 11) is 0. The minimum absolute atomic E-state index is 0.261. The van der Waals surface area contributed by atoms with Crippen molar-refractivity contribution >= 4 is 0 Å². The second-order valence-corrected chi connectivity index (χ2v) is 5.08. The van der Waals surface area contributed by atoms with E-state index < -0.39 is 0 Å². The number of aliphatic hydroxyl groups is 1. The van der Waals surface area contributed by atoms with Crippen LogP contribution in [-0.2, 0) is 12.8 Å². The van der Waals surface area contributed by atoms with Crippen molar-refractivity contribution in [2.45, 2.75) is 25.9 Å². The summed E-state index contributed by atoms with van der Waals surface area (Å²) in [6.45, 7) is 2.00. The molecule has 18 heavy (non-hydrogen) atoms. The third-order valence-electron chi connectivity index (χ3n) is 3.72. The maximum atomic E-state index is 10.3. The van der Waals surface area contributed by atoms with Crippen molar-refractivity contribution in [3.05, 3.63) is 65.0 Å². The Labute approximate surface area is 107 Å². The van der Waals surface area contributed by atoms with E-state index in [1.54, 1.807) is 0 Å². The first-order chi connectivity index (χ1) is 8.74. The van der Waals surface area contributed by atoms with E-state index in [1.165, 1.54) is 5.56 Å². The van der Waals surface area contributed by atoms with E-state index >= 15 is 0 Å². The first kappa shape index (κ1) is 11.4. The van der Waals surface area contributed by atoms with Crippen molar-refractivity contribution in [3.8, 4) is 0 Å². The van der Waals surface area contributed by atoms with E-state index in [2.05, 4.69) is 11.1 Å². The lowest BCUT2D eigenvalue weighted by Gasteiger charge is -2.14. The molecule has 1 heterocycles. The molecule has 1 N–H and O–H groups in total. The fourth-order valence-corrected chi connectivity index (χ4v) is 2.82. The number of benzene rings is 1. The second kappa shape index (κ2) is 4.54. The van der Waals surface area contributed by atoms with Crippen molar-refractivity contribution in [3.63, 3.8) is 0 Å². The van der Waals surface area contributed by atoms with Crippen molar-refractivity contribution in [2.24, 2.45) is 5.92 Å². The van der Waals surface area contributed by atoms with E-state index in [0.29, 0.717) is 0 Å². The molecule has 2 atom stereocenters. The number of aromatic nitrogens is 1. The third kappa shape index (κ3) is 2.04. The molecule has 0 aliphatic heterocycles. The highest BCUT2D eigenvalue weighted by Crippen LogP contribution is 2.37. The molecular formula is C16H17NO. The second-order valence-electron chi connectivity index (χ2n) is 5.08. The number of aryl methyl sites for hydroxylation is 1. The van der Waals surface area contributed by atoms with E-state index in [9.17, 15) is 5.11 Å². The average molecular weight is 239 g/mol. The van der Waals surface area contributed by atoms with Gasteiger partial charge in [-0.05, 0) is 48.9 Å². The molecule has 0 spiro atoms. The van der Waals surface area contributed by atoms with Gasteiger partial charge in [0.2, 0.25) is 0 Å². The van der Waals surface area contributed by atoms with Gasteiger partial charge >= 0.3 is 0 Å². The summed E-state index contributed by atoms with van der Waals surface area (Å²) in [6, 6.07) is 14.3. The molecule has 2 aromatic rings. The maximum Gasteiger partial charge on any atom is 0.0827 e. The Morgan fingerprint density at radius 1 is 1.17 bits per heavy atom. The van der Waals surface area contributed by atoms with Crippen LogP contribution in [0.15, 0.2) is 42.5 Å². The normalized spacial score (nSPS) is 21.9. The van der Waals surface area contributed by atoms with E-state index in [0.717, 1.165) is 29.8 Å². The van der Waals surface area contributed by atoms with E-state index in [-0.39, 0.29) is 12.0 Å². The molecule has 2 heteroatoms. The van der Waals surface area contributed by atoms with Crippen molar-refractivity contribution in [1.29, 1.82) is 0 Å². The zero-order valence-corrected chi connectivity index (χ0v) is 10.5. The van der Waals surface area contributed by atoms with Gasteiger partial charge in [-0.15, -0.1) is 0 Å². The number of nitrogens with zero attached hydrogens (tertiary/aromatic N) is 1. The van der Waals surface area contributed by atoms with Crippen LogP contribution in [0.1, 0.15) is 28.6 Å². The summed E-state index contributed by atoms with van der Waals surface area (Å²) in [5.41, 5.74) is 4.49. The molecule has 0 radical (unpaired) electrons. The first-order valence-corrected chi connectivity index (χ1v) is 6.42. The summed E-state index contributed by atoms with van der Waals surface area (Å²) in [4.78, 5) is 4.52. The van der Waals surface area contributed by atoms with Crippen LogP contribution in [0.3, 0.4) is 0 Å². The molecule has 3 rings (SSSR count). The van der Waals surface area contributed by atoms with E-state index in [4.69, 9.17) is 0 Å². The summed E-state index contributed by atoms with van der Waals surface area (Å²) in [5.74, 6) is 0.261. The highest BCUT2D eigenvalue weighted by Gasteiger charge is 2.30. The molecule has 2 unspecified atom stereocenters. The van der Waals surface area contributed by atoms with Crippen LogP contribution in [0.4, 0.5) is 0 Å². The Hall–Kier alpha value is -1.67. The molecule has 1 aliphatic carbocycles. The summed E-state index contributed by atoms with van der Waals surface area (Å²) in [5, 5.41) is 10.3. The predicted octanol–water partition coefficient (Wildman–Crippen LogP) is 2.84. The molecule has 0 amide bonds. The number of rotatable bonds is 2. The molecule has 0 saturated heterocycles. The molecule has 1 aromatic heterocycles. The first-order valence-electron chi connectivity index (χ1n) is 6.42. The lowest BCUT2D eigenvalue weighted by atomic mass is 9.97. The zero-order valence-electron chi connectivity index (χ0n) is 10.5. The fraction of sp³-hybridized carbons (Fsp3) is 0.312. The largest absolute Gasteiger partial charge is 0.388 e. The highest BCUT2D eigenvalue weighted by molar-refractivity contribution is 5.35. The van der Waals surface area contributed by atoms with Gasteiger partial charge in [-0.1, -0.05) is 30.3 Å². The standard InChI is InChI=1S/C16H17NO/c1-11-5-4-7-14(17-11)10-13-9-12-6-2-3-8-15(12)16(13)18/h2-8,13,16,18H,9-10H2,1H3. The quantitative estimate of drug-likeness (QED) is 0.874. The van der Waals surface area contributed by atoms with Gasteiger partial charge in [0.25, 0.3) is 0 Å². The summed E-state index contributed by atoms with van der Waals surface area (Å²) < 4.78 is 0. The molecule has 2 nitrogen and oxygen atoms in total. The van der Waals surface area contributed by atoms with Gasteiger partial charge in [-0.25, -0.2) is 0 Å². The van der Waals surface area contributed by atoms with Gasteiger partial charge < -0.3 is 5.11 Å². The van der Waals surface area contributed by atoms with Crippen LogP contribution < -0.4 is 0 Å². The Morgan fingerprint density at radius 2 is 2.00 bits per heavy atom. The van der Waals surface area contributed by atoms with Gasteiger partial charge in [-0.2, -0.15) is 0 Å². The minimum Gasteiger partial charge on any atom is -0.388 e. The SMILES string of the molecule is Cc1cccc(CC2Cc3ccccc3C2O)n1. The number of aliphatic hydroxyl groups excluding tert-OH is 1. The Kier molecular flexibility index (Phi) is 2.88. The van der Waals surface area contributed by atoms with Crippen molar-refractivity contribution in [2.75, 3.05) is 0 Å². The topological polar surface area (TPSA) is 33.1 Å². The molecular weight excluding hydrogens is 222 g/mol. The Morgan fingerprint density at radius 3 is 2.78 bits per heavy atom. The molecule has 92 valence electrons.